The third kappa shape index (κ3) is 5.26. The van der Waals surface area contributed by atoms with Crippen LogP contribution in [0.15, 0.2) is 73.1 Å². The predicted molar refractivity (Wildman–Crippen MR) is 116 cm³/mol. The molecule has 0 unspecified atom stereocenters. The lowest BCUT2D eigenvalue weighted by Gasteiger charge is -2.27. The second kappa shape index (κ2) is 9.86. The van der Waals surface area contributed by atoms with Gasteiger partial charge in [0.2, 0.25) is 0 Å². The molecule has 7 heteroatoms. The Morgan fingerprint density at radius 2 is 1.84 bits per heavy atom. The lowest BCUT2D eigenvalue weighted by Crippen LogP contribution is -2.40. The molecular weight excluding hydrogens is 394 g/mol. The normalized spacial score (nSPS) is 13.5. The zero-order valence-electron chi connectivity index (χ0n) is 17.0. The van der Waals surface area contributed by atoms with E-state index in [0.717, 1.165) is 5.56 Å². The summed E-state index contributed by atoms with van der Waals surface area (Å²) >= 11 is 0. The minimum atomic E-state index is -0.368. The molecule has 0 spiro atoms. The Kier molecular flexibility index (Phi) is 6.54. The van der Waals surface area contributed by atoms with E-state index in [-0.39, 0.29) is 11.8 Å². The molecule has 0 saturated carbocycles. The van der Waals surface area contributed by atoms with Crippen molar-refractivity contribution in [1.82, 2.24) is 9.88 Å². The number of hydrogen-bond donors (Lipinski definition) is 1. The third-order valence-corrected chi connectivity index (χ3v) is 4.93. The summed E-state index contributed by atoms with van der Waals surface area (Å²) in [6.07, 6.45) is 3.19. The summed E-state index contributed by atoms with van der Waals surface area (Å²) < 4.78 is 11.3. The van der Waals surface area contributed by atoms with Gasteiger partial charge in [-0.05, 0) is 35.9 Å². The Hall–Kier alpha value is -3.71. The maximum atomic E-state index is 13.0. The van der Waals surface area contributed by atoms with Crippen molar-refractivity contribution >= 4 is 17.5 Å². The van der Waals surface area contributed by atoms with E-state index in [1.807, 2.05) is 30.3 Å². The number of benzene rings is 2. The van der Waals surface area contributed by atoms with E-state index in [2.05, 4.69) is 10.3 Å². The summed E-state index contributed by atoms with van der Waals surface area (Å²) in [7, 11) is 0. The van der Waals surface area contributed by atoms with Crippen molar-refractivity contribution in [2.45, 2.75) is 6.61 Å². The predicted octanol–water partition coefficient (Wildman–Crippen LogP) is 3.39. The molecule has 31 heavy (non-hydrogen) atoms. The zero-order valence-corrected chi connectivity index (χ0v) is 17.0. The molecule has 0 atom stereocenters. The number of nitrogens with zero attached hydrogens (tertiary/aromatic N) is 2. The number of morpholine rings is 1. The van der Waals surface area contributed by atoms with Gasteiger partial charge in [0.05, 0.1) is 30.7 Å². The number of carbonyl (C=O) groups is 2. The molecule has 1 saturated heterocycles. The topological polar surface area (TPSA) is 80.8 Å². The van der Waals surface area contributed by atoms with Gasteiger partial charge in [0.25, 0.3) is 11.8 Å². The van der Waals surface area contributed by atoms with Crippen molar-refractivity contribution in [2.24, 2.45) is 0 Å². The van der Waals surface area contributed by atoms with Crippen molar-refractivity contribution in [3.63, 3.8) is 0 Å². The lowest BCUT2D eigenvalue weighted by molar-refractivity contribution is 0.0303. The van der Waals surface area contributed by atoms with Gasteiger partial charge in [0, 0.05) is 24.8 Å². The molecule has 0 aliphatic carbocycles. The molecule has 1 N–H and O–H groups in total. The van der Waals surface area contributed by atoms with Crippen LogP contribution < -0.4 is 10.1 Å². The summed E-state index contributed by atoms with van der Waals surface area (Å²) in [5, 5.41) is 2.82. The highest BCUT2D eigenvalue weighted by Gasteiger charge is 2.22. The second-order valence-corrected chi connectivity index (χ2v) is 7.09. The van der Waals surface area contributed by atoms with E-state index in [0.29, 0.717) is 55.5 Å². The first-order valence-electron chi connectivity index (χ1n) is 10.1. The van der Waals surface area contributed by atoms with Gasteiger partial charge in [-0.15, -0.1) is 0 Å². The molecule has 1 aliphatic rings. The molecule has 1 aliphatic heterocycles. The number of carbonyl (C=O) groups excluding carboxylic acids is 2. The quantitative estimate of drug-likeness (QED) is 0.665. The molecule has 0 radical (unpaired) electrons. The van der Waals surface area contributed by atoms with Crippen LogP contribution in [-0.2, 0) is 11.3 Å². The fourth-order valence-corrected chi connectivity index (χ4v) is 3.29. The van der Waals surface area contributed by atoms with E-state index in [1.165, 1.54) is 0 Å². The minimum Gasteiger partial charge on any atom is -0.488 e. The smallest absolute Gasteiger partial charge is 0.259 e. The molecular formula is C24H23N3O4. The van der Waals surface area contributed by atoms with E-state index >= 15 is 0 Å². The highest BCUT2D eigenvalue weighted by atomic mass is 16.5. The van der Waals surface area contributed by atoms with Crippen LogP contribution in [0, 0.1) is 0 Å². The van der Waals surface area contributed by atoms with Crippen LogP contribution in [0.1, 0.15) is 26.3 Å². The number of rotatable bonds is 6. The highest BCUT2D eigenvalue weighted by Crippen LogP contribution is 2.24. The fourth-order valence-electron chi connectivity index (χ4n) is 3.29. The molecule has 1 fully saturated rings. The number of pyridine rings is 1. The Balaban J connectivity index is 1.59. The van der Waals surface area contributed by atoms with Crippen molar-refractivity contribution in [1.29, 1.82) is 0 Å². The van der Waals surface area contributed by atoms with E-state index in [4.69, 9.17) is 9.47 Å². The Morgan fingerprint density at radius 1 is 1.03 bits per heavy atom. The molecule has 0 bridgehead atoms. The standard InChI is InChI=1S/C24H23N3O4/c28-23(26-20-7-4-10-25-16-20)21-15-19(24(29)27-11-13-30-14-12-27)8-9-22(21)31-17-18-5-2-1-3-6-18/h1-10,15-16H,11-14,17H2,(H,26,28). The molecule has 2 amide bonds. The van der Waals surface area contributed by atoms with Gasteiger partial charge in [-0.2, -0.15) is 0 Å². The minimum absolute atomic E-state index is 0.131. The van der Waals surface area contributed by atoms with Crippen molar-refractivity contribution < 1.29 is 19.1 Å². The first-order valence-corrected chi connectivity index (χ1v) is 10.1. The summed E-state index contributed by atoms with van der Waals surface area (Å²) in [4.78, 5) is 31.7. The van der Waals surface area contributed by atoms with Crippen LogP contribution in [0.4, 0.5) is 5.69 Å². The van der Waals surface area contributed by atoms with Gasteiger partial charge in [0.15, 0.2) is 0 Å². The Labute approximate surface area is 180 Å². The average molecular weight is 417 g/mol. The zero-order chi connectivity index (χ0) is 21.5. The summed E-state index contributed by atoms with van der Waals surface area (Å²) in [6, 6.07) is 18.1. The van der Waals surface area contributed by atoms with Crippen molar-refractivity contribution in [3.05, 3.63) is 89.7 Å². The maximum absolute atomic E-state index is 13.0. The number of ether oxygens (including phenoxy) is 2. The monoisotopic (exact) mass is 417 g/mol. The van der Waals surface area contributed by atoms with E-state index < -0.39 is 0 Å². The van der Waals surface area contributed by atoms with E-state index in [1.54, 1.807) is 47.6 Å². The first kappa shape index (κ1) is 20.6. The summed E-state index contributed by atoms with van der Waals surface area (Å²) in [5.74, 6) is -0.0928. The lowest BCUT2D eigenvalue weighted by atomic mass is 10.1. The Morgan fingerprint density at radius 3 is 2.58 bits per heavy atom. The third-order valence-electron chi connectivity index (χ3n) is 4.93. The first-order chi connectivity index (χ1) is 15.2. The summed E-state index contributed by atoms with van der Waals surface area (Å²) in [6.45, 7) is 2.39. The largest absolute Gasteiger partial charge is 0.488 e. The van der Waals surface area contributed by atoms with E-state index in [9.17, 15) is 9.59 Å². The van der Waals surface area contributed by atoms with Gasteiger partial charge in [0.1, 0.15) is 12.4 Å². The van der Waals surface area contributed by atoms with Crippen LogP contribution >= 0.6 is 0 Å². The highest BCUT2D eigenvalue weighted by molar-refractivity contribution is 6.08. The van der Waals surface area contributed by atoms with Gasteiger partial charge in [-0.25, -0.2) is 0 Å². The molecule has 2 aromatic carbocycles. The van der Waals surface area contributed by atoms with Crippen LogP contribution in [0.25, 0.3) is 0 Å². The number of anilines is 1. The van der Waals surface area contributed by atoms with Crippen LogP contribution in [0.3, 0.4) is 0 Å². The van der Waals surface area contributed by atoms with Crippen LogP contribution in [0.2, 0.25) is 0 Å². The maximum Gasteiger partial charge on any atom is 0.259 e. The average Bonchev–Trinajstić information content (AvgIpc) is 2.84. The SMILES string of the molecule is O=C(Nc1cccnc1)c1cc(C(=O)N2CCOCC2)ccc1OCc1ccccc1. The van der Waals surface area contributed by atoms with Gasteiger partial charge in [-0.1, -0.05) is 30.3 Å². The molecule has 4 rings (SSSR count). The van der Waals surface area contributed by atoms with Gasteiger partial charge < -0.3 is 19.7 Å². The molecule has 1 aromatic heterocycles. The Bertz CT molecular complexity index is 1040. The summed E-state index contributed by atoms with van der Waals surface area (Å²) in [5.41, 5.74) is 2.27. The van der Waals surface area contributed by atoms with Crippen LogP contribution in [0.5, 0.6) is 5.75 Å². The van der Waals surface area contributed by atoms with Gasteiger partial charge >= 0.3 is 0 Å². The van der Waals surface area contributed by atoms with Crippen molar-refractivity contribution in [2.75, 3.05) is 31.6 Å². The molecule has 2 heterocycles. The number of hydrogen-bond acceptors (Lipinski definition) is 5. The number of amides is 2. The van der Waals surface area contributed by atoms with Crippen molar-refractivity contribution in [3.8, 4) is 5.75 Å². The molecule has 3 aromatic rings. The number of aromatic nitrogens is 1. The van der Waals surface area contributed by atoms with Gasteiger partial charge in [-0.3, -0.25) is 14.6 Å². The molecule has 7 nitrogen and oxygen atoms in total. The second-order valence-electron chi connectivity index (χ2n) is 7.09. The van der Waals surface area contributed by atoms with Crippen LogP contribution in [-0.4, -0.2) is 48.0 Å². The fraction of sp³-hybridized carbons (Fsp3) is 0.208. The number of nitrogens with one attached hydrogen (secondary N) is 1. The molecule has 158 valence electrons.